The second-order valence-electron chi connectivity index (χ2n) is 7.81. The van der Waals surface area contributed by atoms with E-state index in [1.165, 1.54) is 28.5 Å². The van der Waals surface area contributed by atoms with Crippen molar-refractivity contribution in [1.29, 1.82) is 0 Å². The molecule has 0 aliphatic carbocycles. The SMILES string of the molecule is CC(Sc1nnc2c(n1)[nH]c1ccccc12)C(=O)Nc1nc(-c2ccc3ccccc3c2)cs1. The minimum Gasteiger partial charge on any atom is -0.338 e. The van der Waals surface area contributed by atoms with Crippen LogP contribution in [0.5, 0.6) is 0 Å². The number of para-hydroxylation sites is 1. The minimum absolute atomic E-state index is 0.162. The maximum atomic E-state index is 12.8. The molecule has 3 heterocycles. The van der Waals surface area contributed by atoms with Gasteiger partial charge in [0.15, 0.2) is 10.8 Å². The van der Waals surface area contributed by atoms with Crippen molar-refractivity contribution < 1.29 is 4.79 Å². The molecule has 6 rings (SSSR count). The van der Waals surface area contributed by atoms with Crippen molar-refractivity contribution in [3.63, 3.8) is 0 Å². The Hall–Kier alpha value is -3.82. The monoisotopic (exact) mass is 482 g/mol. The molecule has 0 radical (unpaired) electrons. The predicted molar refractivity (Wildman–Crippen MR) is 138 cm³/mol. The molecule has 0 fully saturated rings. The Kier molecular flexibility index (Phi) is 5.20. The molecule has 2 N–H and O–H groups in total. The fourth-order valence-corrected chi connectivity index (χ4v) is 5.22. The molecule has 0 aliphatic heterocycles. The minimum atomic E-state index is -0.420. The predicted octanol–water partition coefficient (Wildman–Crippen LogP) is 5.90. The van der Waals surface area contributed by atoms with E-state index in [9.17, 15) is 4.79 Å². The molecule has 9 heteroatoms. The molecule has 0 saturated heterocycles. The maximum Gasteiger partial charge on any atom is 0.239 e. The zero-order valence-electron chi connectivity index (χ0n) is 18.0. The number of carbonyl (C=O) groups excluding carboxylic acids is 1. The van der Waals surface area contributed by atoms with Crippen LogP contribution in [0.3, 0.4) is 0 Å². The molecule has 3 aromatic carbocycles. The molecular weight excluding hydrogens is 464 g/mol. The van der Waals surface area contributed by atoms with Crippen LogP contribution < -0.4 is 5.32 Å². The van der Waals surface area contributed by atoms with Crippen molar-refractivity contribution in [2.24, 2.45) is 0 Å². The van der Waals surface area contributed by atoms with E-state index < -0.39 is 5.25 Å². The van der Waals surface area contributed by atoms with E-state index in [-0.39, 0.29) is 5.91 Å². The largest absolute Gasteiger partial charge is 0.338 e. The summed E-state index contributed by atoms with van der Waals surface area (Å²) in [7, 11) is 0. The summed E-state index contributed by atoms with van der Waals surface area (Å²) in [5.41, 5.74) is 4.19. The van der Waals surface area contributed by atoms with E-state index >= 15 is 0 Å². The number of fused-ring (bicyclic) bond motifs is 4. The number of rotatable bonds is 5. The lowest BCUT2D eigenvalue weighted by Crippen LogP contribution is -2.22. The summed E-state index contributed by atoms with van der Waals surface area (Å²) in [6.45, 7) is 1.82. The molecule has 1 atom stereocenters. The second kappa shape index (κ2) is 8.51. The van der Waals surface area contributed by atoms with E-state index in [0.29, 0.717) is 15.9 Å². The number of anilines is 1. The van der Waals surface area contributed by atoms with Gasteiger partial charge in [-0.3, -0.25) is 4.79 Å². The summed E-state index contributed by atoms with van der Waals surface area (Å²) in [5.74, 6) is -0.162. The van der Waals surface area contributed by atoms with E-state index in [4.69, 9.17) is 0 Å². The van der Waals surface area contributed by atoms with Crippen LogP contribution in [-0.4, -0.2) is 36.3 Å². The van der Waals surface area contributed by atoms with Crippen molar-refractivity contribution in [1.82, 2.24) is 25.1 Å². The van der Waals surface area contributed by atoms with Gasteiger partial charge in [-0.15, -0.1) is 21.5 Å². The number of thiazole rings is 1. The normalized spacial score (nSPS) is 12.4. The first-order valence-corrected chi connectivity index (χ1v) is 12.4. The summed E-state index contributed by atoms with van der Waals surface area (Å²) in [6, 6.07) is 22.3. The quantitative estimate of drug-likeness (QED) is 0.297. The van der Waals surface area contributed by atoms with Crippen LogP contribution in [0.4, 0.5) is 5.13 Å². The van der Waals surface area contributed by atoms with E-state index in [0.717, 1.165) is 33.1 Å². The Balaban J connectivity index is 1.16. The van der Waals surface area contributed by atoms with Gasteiger partial charge in [-0.05, 0) is 29.8 Å². The smallest absolute Gasteiger partial charge is 0.239 e. The Morgan fingerprint density at radius 2 is 1.82 bits per heavy atom. The topological polar surface area (TPSA) is 96.5 Å². The van der Waals surface area contributed by atoms with Gasteiger partial charge in [-0.25, -0.2) is 9.97 Å². The van der Waals surface area contributed by atoms with Gasteiger partial charge in [0, 0.05) is 21.8 Å². The fraction of sp³-hybridized carbons (Fsp3) is 0.0800. The molecule has 1 unspecified atom stereocenters. The van der Waals surface area contributed by atoms with Crippen molar-refractivity contribution >= 4 is 67.0 Å². The van der Waals surface area contributed by atoms with Crippen LogP contribution in [0, 0.1) is 0 Å². The number of carbonyl (C=O) groups is 1. The second-order valence-corrected chi connectivity index (χ2v) is 9.98. The zero-order valence-corrected chi connectivity index (χ0v) is 19.7. The highest BCUT2D eigenvalue weighted by atomic mass is 32.2. The highest BCUT2D eigenvalue weighted by molar-refractivity contribution is 8.00. The standard InChI is InChI=1S/C25H18N6OS2/c1-14(34-25-28-22-21(30-31-25)18-8-4-5-9-19(18)26-22)23(32)29-24-27-20(13-33-24)17-11-10-15-6-2-3-7-16(15)12-17/h2-14H,1H3,(H,26,28,31)(H,27,29,32). The number of thioether (sulfide) groups is 1. The highest BCUT2D eigenvalue weighted by Gasteiger charge is 2.19. The fourth-order valence-electron chi connectivity index (χ4n) is 3.79. The Morgan fingerprint density at radius 1 is 1.00 bits per heavy atom. The van der Waals surface area contributed by atoms with Crippen molar-refractivity contribution in [2.75, 3.05) is 5.32 Å². The molecule has 0 saturated carbocycles. The molecule has 7 nitrogen and oxygen atoms in total. The van der Waals surface area contributed by atoms with E-state index in [1.54, 1.807) is 0 Å². The van der Waals surface area contributed by atoms with Gasteiger partial charge in [0.25, 0.3) is 0 Å². The van der Waals surface area contributed by atoms with Gasteiger partial charge >= 0.3 is 0 Å². The van der Waals surface area contributed by atoms with Crippen LogP contribution >= 0.6 is 23.1 Å². The number of aromatic nitrogens is 5. The zero-order chi connectivity index (χ0) is 23.1. The molecule has 0 aliphatic rings. The number of nitrogens with one attached hydrogen (secondary N) is 2. The number of benzene rings is 3. The molecule has 166 valence electrons. The number of hydrogen-bond donors (Lipinski definition) is 2. The lowest BCUT2D eigenvalue weighted by atomic mass is 10.1. The van der Waals surface area contributed by atoms with Gasteiger partial charge in [0.1, 0.15) is 5.52 Å². The van der Waals surface area contributed by atoms with Crippen LogP contribution in [0.1, 0.15) is 6.92 Å². The van der Waals surface area contributed by atoms with Crippen molar-refractivity contribution in [3.8, 4) is 11.3 Å². The lowest BCUT2D eigenvalue weighted by molar-refractivity contribution is -0.115. The molecule has 1 amide bonds. The van der Waals surface area contributed by atoms with Gasteiger partial charge in [-0.1, -0.05) is 66.4 Å². The third kappa shape index (κ3) is 3.89. The first-order chi connectivity index (χ1) is 16.6. The third-order valence-electron chi connectivity index (χ3n) is 5.53. The van der Waals surface area contributed by atoms with Gasteiger partial charge in [0.2, 0.25) is 11.1 Å². The van der Waals surface area contributed by atoms with Crippen molar-refractivity contribution in [3.05, 3.63) is 72.1 Å². The van der Waals surface area contributed by atoms with E-state index in [1.807, 2.05) is 54.8 Å². The lowest BCUT2D eigenvalue weighted by Gasteiger charge is -2.08. The number of nitrogens with zero attached hydrogens (tertiary/aromatic N) is 4. The summed E-state index contributed by atoms with van der Waals surface area (Å²) >= 11 is 2.67. The summed E-state index contributed by atoms with van der Waals surface area (Å²) in [4.78, 5) is 25.2. The Labute approximate surface area is 202 Å². The number of aromatic amines is 1. The van der Waals surface area contributed by atoms with Gasteiger partial charge < -0.3 is 10.3 Å². The molecule has 3 aromatic heterocycles. The summed E-state index contributed by atoms with van der Waals surface area (Å²) in [6.07, 6.45) is 0. The maximum absolute atomic E-state index is 12.8. The number of hydrogen-bond acceptors (Lipinski definition) is 7. The van der Waals surface area contributed by atoms with Crippen LogP contribution in [0.25, 0.3) is 44.1 Å². The molecule has 0 spiro atoms. The molecule has 6 aromatic rings. The van der Waals surface area contributed by atoms with Gasteiger partial charge in [-0.2, -0.15) is 0 Å². The molecule has 0 bridgehead atoms. The van der Waals surface area contributed by atoms with E-state index in [2.05, 4.69) is 54.7 Å². The highest BCUT2D eigenvalue weighted by Crippen LogP contribution is 2.29. The molecule has 34 heavy (non-hydrogen) atoms. The summed E-state index contributed by atoms with van der Waals surface area (Å²) in [5, 5.41) is 17.3. The van der Waals surface area contributed by atoms with Crippen molar-refractivity contribution in [2.45, 2.75) is 17.3 Å². The first-order valence-electron chi connectivity index (χ1n) is 10.7. The number of H-pyrrole nitrogens is 1. The van der Waals surface area contributed by atoms with Crippen LogP contribution in [0.2, 0.25) is 0 Å². The Bertz CT molecular complexity index is 1670. The summed E-state index contributed by atoms with van der Waals surface area (Å²) < 4.78 is 0. The molecular formula is C25H18N6OS2. The number of amides is 1. The average molecular weight is 483 g/mol. The first kappa shape index (κ1) is 20.8. The third-order valence-corrected chi connectivity index (χ3v) is 7.24. The van der Waals surface area contributed by atoms with Gasteiger partial charge in [0.05, 0.1) is 10.9 Å². The van der Waals surface area contributed by atoms with Crippen LogP contribution in [0.15, 0.2) is 77.3 Å². The Morgan fingerprint density at radius 3 is 2.74 bits per heavy atom. The average Bonchev–Trinajstić information content (AvgIpc) is 3.48. The van der Waals surface area contributed by atoms with Crippen LogP contribution in [-0.2, 0) is 4.79 Å².